The first-order chi connectivity index (χ1) is 9.40. The smallest absolute Gasteiger partial charge is 0.257 e. The SMILES string of the molecule is CC1CCC(C(N)=O)CN1C(=O)c1cc(N)ccc1F. The van der Waals surface area contributed by atoms with Crippen LogP contribution < -0.4 is 11.5 Å². The van der Waals surface area contributed by atoms with Gasteiger partial charge in [0.25, 0.3) is 5.91 Å². The summed E-state index contributed by atoms with van der Waals surface area (Å²) in [6, 6.07) is 3.83. The molecule has 0 aromatic heterocycles. The molecule has 1 aliphatic heterocycles. The third-order valence-electron chi connectivity index (χ3n) is 3.77. The van der Waals surface area contributed by atoms with Crippen LogP contribution in [0.3, 0.4) is 0 Å². The maximum Gasteiger partial charge on any atom is 0.257 e. The highest BCUT2D eigenvalue weighted by Gasteiger charge is 2.33. The number of halogens is 1. The Morgan fingerprint density at radius 2 is 2.05 bits per heavy atom. The van der Waals surface area contributed by atoms with Crippen LogP contribution in [0.5, 0.6) is 0 Å². The lowest BCUT2D eigenvalue weighted by Gasteiger charge is -2.37. The Morgan fingerprint density at radius 3 is 2.70 bits per heavy atom. The van der Waals surface area contributed by atoms with E-state index in [1.807, 2.05) is 6.92 Å². The van der Waals surface area contributed by atoms with Crippen molar-refractivity contribution in [3.63, 3.8) is 0 Å². The van der Waals surface area contributed by atoms with Crippen molar-refractivity contribution in [2.75, 3.05) is 12.3 Å². The Hall–Kier alpha value is -2.11. The second-order valence-corrected chi connectivity index (χ2v) is 5.22. The van der Waals surface area contributed by atoms with E-state index < -0.39 is 17.6 Å². The summed E-state index contributed by atoms with van der Waals surface area (Å²) >= 11 is 0. The lowest BCUT2D eigenvalue weighted by atomic mass is 9.92. The average Bonchev–Trinajstić information content (AvgIpc) is 2.41. The molecule has 2 rings (SSSR count). The van der Waals surface area contributed by atoms with Crippen LogP contribution in [0.4, 0.5) is 10.1 Å². The number of carbonyl (C=O) groups is 2. The molecule has 108 valence electrons. The number of piperidine rings is 1. The number of carbonyl (C=O) groups excluding carboxylic acids is 2. The van der Waals surface area contributed by atoms with Gasteiger partial charge in [0.05, 0.1) is 11.5 Å². The zero-order valence-electron chi connectivity index (χ0n) is 11.3. The maximum atomic E-state index is 13.8. The maximum absolute atomic E-state index is 13.8. The normalized spacial score (nSPS) is 22.6. The molecule has 2 unspecified atom stereocenters. The molecule has 4 N–H and O–H groups in total. The summed E-state index contributed by atoms with van der Waals surface area (Å²) in [6.07, 6.45) is 1.32. The summed E-state index contributed by atoms with van der Waals surface area (Å²) in [5.41, 5.74) is 11.1. The number of hydrogen-bond acceptors (Lipinski definition) is 3. The van der Waals surface area contributed by atoms with Crippen LogP contribution >= 0.6 is 0 Å². The van der Waals surface area contributed by atoms with Gasteiger partial charge in [-0.2, -0.15) is 0 Å². The van der Waals surface area contributed by atoms with Gasteiger partial charge in [-0.15, -0.1) is 0 Å². The van der Waals surface area contributed by atoms with Crippen LogP contribution in [0.25, 0.3) is 0 Å². The molecule has 1 saturated heterocycles. The predicted molar refractivity (Wildman–Crippen MR) is 73.2 cm³/mol. The minimum Gasteiger partial charge on any atom is -0.399 e. The van der Waals surface area contributed by atoms with Crippen LogP contribution in [-0.2, 0) is 4.79 Å². The average molecular weight is 279 g/mol. The van der Waals surface area contributed by atoms with Crippen LogP contribution in [0, 0.1) is 11.7 Å². The Bertz CT molecular complexity index is 547. The highest BCUT2D eigenvalue weighted by molar-refractivity contribution is 5.96. The van der Waals surface area contributed by atoms with E-state index in [0.29, 0.717) is 18.5 Å². The topological polar surface area (TPSA) is 89.4 Å². The summed E-state index contributed by atoms with van der Waals surface area (Å²) in [5, 5.41) is 0. The number of rotatable bonds is 2. The summed E-state index contributed by atoms with van der Waals surface area (Å²) < 4.78 is 13.8. The summed E-state index contributed by atoms with van der Waals surface area (Å²) in [7, 11) is 0. The monoisotopic (exact) mass is 279 g/mol. The van der Waals surface area contributed by atoms with Gasteiger partial charge >= 0.3 is 0 Å². The van der Waals surface area contributed by atoms with Gasteiger partial charge in [0.1, 0.15) is 5.82 Å². The van der Waals surface area contributed by atoms with E-state index in [-0.39, 0.29) is 24.1 Å². The summed E-state index contributed by atoms with van der Waals surface area (Å²) in [4.78, 5) is 25.2. The number of nitrogen functional groups attached to an aromatic ring is 1. The molecule has 0 aliphatic carbocycles. The van der Waals surface area contributed by atoms with Crippen LogP contribution in [0.15, 0.2) is 18.2 Å². The van der Waals surface area contributed by atoms with Crippen molar-refractivity contribution in [2.45, 2.75) is 25.8 Å². The van der Waals surface area contributed by atoms with Crippen molar-refractivity contribution < 1.29 is 14.0 Å². The fourth-order valence-corrected chi connectivity index (χ4v) is 2.48. The number of amides is 2. The van der Waals surface area contributed by atoms with Gasteiger partial charge in [-0.1, -0.05) is 0 Å². The van der Waals surface area contributed by atoms with Crippen LogP contribution in [0.1, 0.15) is 30.1 Å². The standard InChI is InChI=1S/C14H18FN3O2/c1-8-2-3-9(13(17)19)7-18(8)14(20)11-6-10(16)4-5-12(11)15/h4-6,8-9H,2-3,7,16H2,1H3,(H2,17,19). The molecule has 2 atom stereocenters. The fraction of sp³-hybridized carbons (Fsp3) is 0.429. The second-order valence-electron chi connectivity index (χ2n) is 5.22. The second kappa shape index (κ2) is 5.48. The minimum absolute atomic E-state index is 0.0565. The van der Waals surface area contributed by atoms with Gasteiger partial charge in [-0.05, 0) is 38.0 Å². The molecule has 1 aromatic rings. The largest absolute Gasteiger partial charge is 0.399 e. The fourth-order valence-electron chi connectivity index (χ4n) is 2.48. The van der Waals surface area contributed by atoms with Crippen LogP contribution in [-0.4, -0.2) is 29.3 Å². The molecule has 0 saturated carbocycles. The Labute approximate surface area is 116 Å². The molecular formula is C14H18FN3O2. The van der Waals surface area contributed by atoms with E-state index in [9.17, 15) is 14.0 Å². The Kier molecular flexibility index (Phi) is 3.92. The minimum atomic E-state index is -0.613. The van der Waals surface area contributed by atoms with E-state index >= 15 is 0 Å². The molecule has 2 amide bonds. The Morgan fingerprint density at radius 1 is 1.35 bits per heavy atom. The lowest BCUT2D eigenvalue weighted by molar-refractivity contribution is -0.123. The first-order valence-electron chi connectivity index (χ1n) is 6.55. The highest BCUT2D eigenvalue weighted by atomic mass is 19.1. The number of nitrogens with two attached hydrogens (primary N) is 2. The molecule has 6 heteroatoms. The Balaban J connectivity index is 2.26. The van der Waals surface area contributed by atoms with Crippen LogP contribution in [0.2, 0.25) is 0 Å². The van der Waals surface area contributed by atoms with Gasteiger partial charge in [-0.25, -0.2) is 4.39 Å². The van der Waals surface area contributed by atoms with Gasteiger partial charge in [0, 0.05) is 18.3 Å². The predicted octanol–water partition coefficient (Wildman–Crippen LogP) is 1.13. The number of nitrogens with zero attached hydrogens (tertiary/aromatic N) is 1. The molecule has 1 aromatic carbocycles. The molecule has 0 radical (unpaired) electrons. The van der Waals surface area contributed by atoms with E-state index in [2.05, 4.69) is 0 Å². The molecule has 20 heavy (non-hydrogen) atoms. The van der Waals surface area contributed by atoms with Crippen molar-refractivity contribution in [3.8, 4) is 0 Å². The van der Waals surface area contributed by atoms with E-state index in [1.165, 1.54) is 23.1 Å². The quantitative estimate of drug-likeness (QED) is 0.795. The number of primary amides is 1. The van der Waals surface area contributed by atoms with E-state index in [1.54, 1.807) is 0 Å². The number of benzene rings is 1. The molecule has 1 fully saturated rings. The number of anilines is 1. The third-order valence-corrected chi connectivity index (χ3v) is 3.77. The number of likely N-dealkylation sites (tertiary alicyclic amines) is 1. The van der Waals surface area contributed by atoms with Crippen molar-refractivity contribution in [1.82, 2.24) is 4.90 Å². The molecule has 1 heterocycles. The summed E-state index contributed by atoms with van der Waals surface area (Å²) in [5.74, 6) is -1.87. The van der Waals surface area contributed by atoms with Crippen molar-refractivity contribution in [1.29, 1.82) is 0 Å². The molecular weight excluding hydrogens is 261 g/mol. The van der Waals surface area contributed by atoms with E-state index in [0.717, 1.165) is 0 Å². The number of hydrogen-bond donors (Lipinski definition) is 2. The van der Waals surface area contributed by atoms with Gasteiger partial charge in [0.15, 0.2) is 0 Å². The van der Waals surface area contributed by atoms with Gasteiger partial charge < -0.3 is 16.4 Å². The summed E-state index contributed by atoms with van der Waals surface area (Å²) in [6.45, 7) is 2.10. The van der Waals surface area contributed by atoms with Crippen molar-refractivity contribution in [2.24, 2.45) is 11.7 Å². The van der Waals surface area contributed by atoms with Crippen molar-refractivity contribution >= 4 is 17.5 Å². The zero-order chi connectivity index (χ0) is 14.9. The first kappa shape index (κ1) is 14.3. The molecule has 0 bridgehead atoms. The third kappa shape index (κ3) is 2.74. The lowest BCUT2D eigenvalue weighted by Crippen LogP contribution is -2.48. The zero-order valence-corrected chi connectivity index (χ0v) is 11.3. The molecule has 0 spiro atoms. The first-order valence-corrected chi connectivity index (χ1v) is 6.55. The molecule has 5 nitrogen and oxygen atoms in total. The van der Waals surface area contributed by atoms with Gasteiger partial charge in [-0.3, -0.25) is 9.59 Å². The van der Waals surface area contributed by atoms with E-state index in [4.69, 9.17) is 11.5 Å². The van der Waals surface area contributed by atoms with Crippen molar-refractivity contribution in [3.05, 3.63) is 29.6 Å². The molecule has 1 aliphatic rings. The highest BCUT2D eigenvalue weighted by Crippen LogP contribution is 2.25. The van der Waals surface area contributed by atoms with Gasteiger partial charge in [0.2, 0.25) is 5.91 Å².